The van der Waals surface area contributed by atoms with Crippen LogP contribution in [0.1, 0.15) is 6.42 Å². The van der Waals surface area contributed by atoms with E-state index in [9.17, 15) is 9.59 Å². The quantitative estimate of drug-likeness (QED) is 0.564. The van der Waals surface area contributed by atoms with Gasteiger partial charge in [0.25, 0.3) is 0 Å². The van der Waals surface area contributed by atoms with E-state index in [-0.39, 0.29) is 18.4 Å². The van der Waals surface area contributed by atoms with Gasteiger partial charge in [-0.2, -0.15) is 0 Å². The molecular weight excluding hydrogens is 202 g/mol. The fourth-order valence-corrected chi connectivity index (χ4v) is 2.85. The SMILES string of the molecule is COC1CC(N)(C(=O)O)C2C(C(=O)O)C12. The van der Waals surface area contributed by atoms with Gasteiger partial charge in [-0.3, -0.25) is 9.59 Å². The molecule has 0 spiro atoms. The second kappa shape index (κ2) is 2.93. The van der Waals surface area contributed by atoms with Gasteiger partial charge in [-0.1, -0.05) is 0 Å². The molecule has 6 heteroatoms. The molecule has 0 aromatic rings. The van der Waals surface area contributed by atoms with E-state index in [1.807, 2.05) is 0 Å². The summed E-state index contributed by atoms with van der Waals surface area (Å²) in [7, 11) is 1.45. The molecule has 0 bridgehead atoms. The Morgan fingerprint density at radius 3 is 2.47 bits per heavy atom. The Labute approximate surface area is 86.0 Å². The average Bonchev–Trinajstić information content (AvgIpc) is 2.82. The molecule has 0 amide bonds. The molecule has 6 nitrogen and oxygen atoms in total. The summed E-state index contributed by atoms with van der Waals surface area (Å²) in [5.41, 5.74) is 4.30. The van der Waals surface area contributed by atoms with Crippen molar-refractivity contribution >= 4 is 11.9 Å². The molecule has 0 saturated heterocycles. The maximum atomic E-state index is 11.0. The van der Waals surface area contributed by atoms with Gasteiger partial charge in [0.15, 0.2) is 0 Å². The Morgan fingerprint density at radius 2 is 2.07 bits per heavy atom. The van der Waals surface area contributed by atoms with Crippen LogP contribution < -0.4 is 5.73 Å². The Morgan fingerprint density at radius 1 is 1.47 bits per heavy atom. The van der Waals surface area contributed by atoms with Gasteiger partial charge in [0.05, 0.1) is 12.0 Å². The molecule has 0 radical (unpaired) electrons. The highest BCUT2D eigenvalue weighted by atomic mass is 16.5. The number of carbonyl (C=O) groups is 2. The van der Waals surface area contributed by atoms with Gasteiger partial charge in [0, 0.05) is 25.4 Å². The van der Waals surface area contributed by atoms with Crippen LogP contribution in [-0.2, 0) is 14.3 Å². The van der Waals surface area contributed by atoms with Crippen LogP contribution in [0.2, 0.25) is 0 Å². The monoisotopic (exact) mass is 215 g/mol. The van der Waals surface area contributed by atoms with Gasteiger partial charge in [-0.05, 0) is 0 Å². The van der Waals surface area contributed by atoms with Crippen molar-refractivity contribution < 1.29 is 24.5 Å². The van der Waals surface area contributed by atoms with Crippen LogP contribution in [0.3, 0.4) is 0 Å². The second-order valence-electron chi connectivity index (χ2n) is 4.29. The Kier molecular flexibility index (Phi) is 2.03. The van der Waals surface area contributed by atoms with Crippen LogP contribution in [0.4, 0.5) is 0 Å². The molecule has 2 fully saturated rings. The summed E-state index contributed by atoms with van der Waals surface area (Å²) in [5, 5.41) is 17.9. The van der Waals surface area contributed by atoms with Crippen LogP contribution in [-0.4, -0.2) is 40.9 Å². The normalized spacial score (nSPS) is 47.3. The molecule has 2 aliphatic carbocycles. The molecule has 15 heavy (non-hydrogen) atoms. The van der Waals surface area contributed by atoms with E-state index in [0.29, 0.717) is 0 Å². The van der Waals surface area contributed by atoms with Crippen molar-refractivity contribution in [3.63, 3.8) is 0 Å². The molecule has 2 rings (SSSR count). The van der Waals surface area contributed by atoms with Gasteiger partial charge >= 0.3 is 11.9 Å². The van der Waals surface area contributed by atoms with Gasteiger partial charge in [-0.15, -0.1) is 0 Å². The molecule has 0 aromatic carbocycles. The predicted octanol–water partition coefficient (Wildman–Crippen LogP) is -0.866. The zero-order chi connectivity index (χ0) is 11.4. The topological polar surface area (TPSA) is 110 Å². The fourth-order valence-electron chi connectivity index (χ4n) is 2.85. The number of methoxy groups -OCH3 is 1. The van der Waals surface area contributed by atoms with Crippen molar-refractivity contribution in [3.8, 4) is 0 Å². The van der Waals surface area contributed by atoms with E-state index >= 15 is 0 Å². The summed E-state index contributed by atoms with van der Waals surface area (Å²) >= 11 is 0. The molecule has 0 heterocycles. The van der Waals surface area contributed by atoms with Crippen molar-refractivity contribution in [3.05, 3.63) is 0 Å². The van der Waals surface area contributed by atoms with E-state index < -0.39 is 29.3 Å². The number of hydrogen-bond acceptors (Lipinski definition) is 4. The summed E-state index contributed by atoms with van der Waals surface area (Å²) in [6.07, 6.45) is -0.157. The number of rotatable bonds is 3. The first kappa shape index (κ1) is 10.4. The number of fused-ring (bicyclic) bond motifs is 1. The smallest absolute Gasteiger partial charge is 0.324 e. The molecule has 4 N–H and O–H groups in total. The minimum atomic E-state index is -1.44. The second-order valence-corrected chi connectivity index (χ2v) is 4.29. The van der Waals surface area contributed by atoms with Gasteiger partial charge in [0.1, 0.15) is 5.54 Å². The molecule has 2 aliphatic rings. The van der Waals surface area contributed by atoms with Crippen molar-refractivity contribution in [2.24, 2.45) is 23.5 Å². The van der Waals surface area contributed by atoms with Crippen LogP contribution in [0.15, 0.2) is 0 Å². The molecule has 0 aliphatic heterocycles. The van der Waals surface area contributed by atoms with Crippen molar-refractivity contribution in [1.29, 1.82) is 0 Å². The summed E-state index contributed by atoms with van der Waals surface area (Å²) in [6.45, 7) is 0. The zero-order valence-electron chi connectivity index (χ0n) is 8.21. The lowest BCUT2D eigenvalue weighted by Gasteiger charge is -2.23. The highest BCUT2D eigenvalue weighted by Gasteiger charge is 2.74. The van der Waals surface area contributed by atoms with E-state index in [2.05, 4.69) is 0 Å². The van der Waals surface area contributed by atoms with E-state index in [1.54, 1.807) is 0 Å². The first-order valence-electron chi connectivity index (χ1n) is 4.71. The van der Waals surface area contributed by atoms with Crippen LogP contribution in [0.5, 0.6) is 0 Å². The molecular formula is C9H13NO5. The third-order valence-corrected chi connectivity index (χ3v) is 3.62. The largest absolute Gasteiger partial charge is 0.481 e. The van der Waals surface area contributed by atoms with Crippen molar-refractivity contribution in [2.75, 3.05) is 7.11 Å². The van der Waals surface area contributed by atoms with Crippen molar-refractivity contribution in [1.82, 2.24) is 0 Å². The van der Waals surface area contributed by atoms with Crippen LogP contribution in [0, 0.1) is 17.8 Å². The number of hydrogen-bond donors (Lipinski definition) is 3. The maximum Gasteiger partial charge on any atom is 0.324 e. The first-order valence-corrected chi connectivity index (χ1v) is 4.71. The van der Waals surface area contributed by atoms with Crippen LogP contribution in [0.25, 0.3) is 0 Å². The van der Waals surface area contributed by atoms with Gasteiger partial charge in [0.2, 0.25) is 0 Å². The van der Waals surface area contributed by atoms with Gasteiger partial charge in [-0.25, -0.2) is 0 Å². The molecule has 0 aromatic heterocycles. The summed E-state index contributed by atoms with van der Waals surface area (Å²) < 4.78 is 5.08. The van der Waals surface area contributed by atoms with E-state index in [0.717, 1.165) is 0 Å². The summed E-state index contributed by atoms with van der Waals surface area (Å²) in [6, 6.07) is 0. The lowest BCUT2D eigenvalue weighted by Crippen LogP contribution is -2.50. The lowest BCUT2D eigenvalue weighted by atomic mass is 9.91. The zero-order valence-corrected chi connectivity index (χ0v) is 8.21. The molecule has 2 saturated carbocycles. The highest BCUT2D eigenvalue weighted by Crippen LogP contribution is 2.62. The standard InChI is InChI=1S/C9H13NO5/c1-15-3-2-9(10,8(13)14)6-4(3)5(6)7(11)12/h3-6H,2,10H2,1H3,(H,11,12)(H,13,14). The Bertz CT molecular complexity index is 330. The fraction of sp³-hybridized carbons (Fsp3) is 0.778. The summed E-state index contributed by atoms with van der Waals surface area (Å²) in [5.74, 6) is -3.51. The summed E-state index contributed by atoms with van der Waals surface area (Å²) in [4.78, 5) is 21.9. The first-order chi connectivity index (χ1) is 6.93. The highest BCUT2D eigenvalue weighted by molar-refractivity contribution is 5.85. The average molecular weight is 215 g/mol. The minimum Gasteiger partial charge on any atom is -0.481 e. The van der Waals surface area contributed by atoms with Gasteiger partial charge < -0.3 is 20.7 Å². The predicted molar refractivity (Wildman–Crippen MR) is 48.1 cm³/mol. The van der Waals surface area contributed by atoms with E-state index in [4.69, 9.17) is 20.7 Å². The third kappa shape index (κ3) is 1.18. The maximum absolute atomic E-state index is 11.0. The number of carboxylic acids is 2. The van der Waals surface area contributed by atoms with E-state index in [1.165, 1.54) is 7.11 Å². The number of carboxylic acid groups (broad SMARTS) is 2. The van der Waals surface area contributed by atoms with Crippen molar-refractivity contribution in [2.45, 2.75) is 18.1 Å². The Hall–Kier alpha value is -1.14. The lowest BCUT2D eigenvalue weighted by molar-refractivity contribution is -0.146. The molecule has 84 valence electrons. The minimum absolute atomic E-state index is 0.192. The number of aliphatic carboxylic acids is 2. The molecule has 5 atom stereocenters. The molecule has 5 unspecified atom stereocenters. The number of ether oxygens (including phenoxy) is 1. The third-order valence-electron chi connectivity index (χ3n) is 3.62. The van der Waals surface area contributed by atoms with Crippen LogP contribution >= 0.6 is 0 Å². The Balaban J connectivity index is 2.26. The number of nitrogens with two attached hydrogens (primary N) is 1.